The van der Waals surface area contributed by atoms with E-state index in [-0.39, 0.29) is 30.4 Å². The first-order valence-electron chi connectivity index (χ1n) is 8.47. The maximum atomic E-state index is 12.4. The third-order valence-electron chi connectivity index (χ3n) is 4.32. The number of benzene rings is 1. The summed E-state index contributed by atoms with van der Waals surface area (Å²) in [4.78, 5) is 22.1. The first-order chi connectivity index (χ1) is 13.2. The molecular formula is C19H16N4O4. The molecule has 1 fully saturated rings. The fourth-order valence-corrected chi connectivity index (χ4v) is 2.96. The van der Waals surface area contributed by atoms with Crippen LogP contribution < -0.4 is 14.2 Å². The topological polar surface area (TPSA) is 97.6 Å². The van der Waals surface area contributed by atoms with Crippen LogP contribution in [0, 0.1) is 11.3 Å². The molecule has 27 heavy (non-hydrogen) atoms. The number of hydrogen-bond acceptors (Lipinski definition) is 7. The lowest BCUT2D eigenvalue weighted by atomic mass is 10.2. The molecule has 0 saturated carbocycles. The van der Waals surface area contributed by atoms with E-state index in [1.807, 2.05) is 24.3 Å². The monoisotopic (exact) mass is 364 g/mol. The smallest absolute Gasteiger partial charge is 0.251 e. The Bertz CT molecular complexity index is 938. The number of ether oxygens (including phenoxy) is 3. The molecule has 1 unspecified atom stereocenters. The van der Waals surface area contributed by atoms with E-state index in [0.29, 0.717) is 31.0 Å². The summed E-state index contributed by atoms with van der Waals surface area (Å²) in [5.41, 5.74) is 1.00. The Morgan fingerprint density at radius 3 is 3.04 bits per heavy atom. The summed E-state index contributed by atoms with van der Waals surface area (Å²) in [6.45, 7) is 1.23. The second-order valence-corrected chi connectivity index (χ2v) is 6.08. The largest absolute Gasteiger partial charge is 0.470 e. The van der Waals surface area contributed by atoms with Crippen molar-refractivity contribution < 1.29 is 19.0 Å². The quantitative estimate of drug-likeness (QED) is 0.763. The molecule has 2 aromatic rings. The first kappa shape index (κ1) is 16.8. The van der Waals surface area contributed by atoms with Gasteiger partial charge in [-0.2, -0.15) is 5.26 Å². The van der Waals surface area contributed by atoms with Crippen molar-refractivity contribution in [3.8, 4) is 23.4 Å². The molecule has 0 aliphatic carbocycles. The van der Waals surface area contributed by atoms with Crippen LogP contribution in [-0.4, -0.2) is 46.8 Å². The summed E-state index contributed by atoms with van der Waals surface area (Å²) in [5, 5.41) is 9.05. The zero-order valence-corrected chi connectivity index (χ0v) is 14.4. The second kappa shape index (κ2) is 7.33. The second-order valence-electron chi connectivity index (χ2n) is 6.08. The van der Waals surface area contributed by atoms with Crippen LogP contribution in [0.25, 0.3) is 6.08 Å². The van der Waals surface area contributed by atoms with Gasteiger partial charge >= 0.3 is 0 Å². The van der Waals surface area contributed by atoms with Crippen LogP contribution >= 0.6 is 0 Å². The van der Waals surface area contributed by atoms with E-state index in [0.717, 1.165) is 5.56 Å². The van der Waals surface area contributed by atoms with E-state index < -0.39 is 0 Å². The molecule has 8 nitrogen and oxygen atoms in total. The van der Waals surface area contributed by atoms with Crippen molar-refractivity contribution >= 4 is 12.0 Å². The van der Waals surface area contributed by atoms with Crippen LogP contribution in [0.4, 0.5) is 0 Å². The van der Waals surface area contributed by atoms with Crippen molar-refractivity contribution in [2.45, 2.75) is 12.5 Å². The average molecular weight is 364 g/mol. The summed E-state index contributed by atoms with van der Waals surface area (Å²) in [5.74, 6) is 1.49. The van der Waals surface area contributed by atoms with Gasteiger partial charge in [0.15, 0.2) is 11.5 Å². The molecule has 3 heterocycles. The van der Waals surface area contributed by atoms with E-state index in [1.54, 1.807) is 11.0 Å². The highest BCUT2D eigenvalue weighted by molar-refractivity contribution is 5.92. The van der Waals surface area contributed by atoms with Gasteiger partial charge in [-0.15, -0.1) is 0 Å². The molecule has 1 atom stereocenters. The van der Waals surface area contributed by atoms with Crippen LogP contribution in [-0.2, 0) is 4.79 Å². The number of nitriles is 1. The summed E-state index contributed by atoms with van der Waals surface area (Å²) in [6.07, 6.45) is 6.65. The fraction of sp³-hybridized carbons (Fsp3) is 0.263. The highest BCUT2D eigenvalue weighted by Crippen LogP contribution is 2.32. The number of amides is 1. The van der Waals surface area contributed by atoms with E-state index in [1.165, 1.54) is 18.5 Å². The molecule has 2 aliphatic rings. The number of likely N-dealkylation sites (tertiary alicyclic amines) is 1. The molecule has 4 rings (SSSR count). The standard InChI is InChI=1S/C19H16N4O4/c20-10-15-19(22-7-6-21-15)27-14-5-8-23(11-14)18(24)4-2-13-1-3-16-17(9-13)26-12-25-16/h1-4,6-7,9,14H,5,8,11-12H2/b4-2+. The summed E-state index contributed by atoms with van der Waals surface area (Å²) >= 11 is 0. The minimum atomic E-state index is -0.211. The molecule has 1 saturated heterocycles. The molecule has 1 aromatic carbocycles. The lowest BCUT2D eigenvalue weighted by molar-refractivity contribution is -0.125. The van der Waals surface area contributed by atoms with E-state index >= 15 is 0 Å². The van der Waals surface area contributed by atoms with Gasteiger partial charge in [0.1, 0.15) is 12.2 Å². The molecule has 0 radical (unpaired) electrons. The van der Waals surface area contributed by atoms with Gasteiger partial charge in [0, 0.05) is 31.4 Å². The average Bonchev–Trinajstić information content (AvgIpc) is 3.35. The number of aromatic nitrogens is 2. The minimum Gasteiger partial charge on any atom is -0.470 e. The van der Waals surface area contributed by atoms with Crippen molar-refractivity contribution in [3.63, 3.8) is 0 Å². The van der Waals surface area contributed by atoms with E-state index in [9.17, 15) is 4.79 Å². The highest BCUT2D eigenvalue weighted by Gasteiger charge is 2.27. The van der Waals surface area contributed by atoms with E-state index in [2.05, 4.69) is 9.97 Å². The van der Waals surface area contributed by atoms with Crippen molar-refractivity contribution in [2.75, 3.05) is 19.9 Å². The molecule has 1 aromatic heterocycles. The molecule has 0 N–H and O–H groups in total. The molecule has 0 bridgehead atoms. The SMILES string of the molecule is N#Cc1nccnc1OC1CCN(C(=O)/C=C/c2ccc3c(c2)OCO3)C1. The molecular weight excluding hydrogens is 348 g/mol. The predicted octanol–water partition coefficient (Wildman–Crippen LogP) is 1.77. The lowest BCUT2D eigenvalue weighted by Crippen LogP contribution is -2.29. The van der Waals surface area contributed by atoms with Crippen LogP contribution in [0.15, 0.2) is 36.7 Å². The van der Waals surface area contributed by atoms with Gasteiger partial charge in [-0.3, -0.25) is 4.79 Å². The van der Waals surface area contributed by atoms with Gasteiger partial charge in [-0.05, 0) is 23.8 Å². The summed E-state index contributed by atoms with van der Waals surface area (Å²) in [6, 6.07) is 7.47. The Balaban J connectivity index is 1.36. The number of rotatable bonds is 4. The Morgan fingerprint density at radius 1 is 1.30 bits per heavy atom. The molecule has 0 spiro atoms. The van der Waals surface area contributed by atoms with Crippen molar-refractivity contribution in [3.05, 3.63) is 47.9 Å². The normalized spacial score (nSPS) is 17.9. The molecule has 1 amide bonds. The highest BCUT2D eigenvalue weighted by atomic mass is 16.7. The number of nitrogens with zero attached hydrogens (tertiary/aromatic N) is 4. The molecule has 136 valence electrons. The third kappa shape index (κ3) is 3.67. The number of carbonyl (C=O) groups is 1. The molecule has 8 heteroatoms. The summed E-state index contributed by atoms with van der Waals surface area (Å²) < 4.78 is 16.4. The van der Waals surface area contributed by atoms with E-state index in [4.69, 9.17) is 19.5 Å². The fourth-order valence-electron chi connectivity index (χ4n) is 2.96. The predicted molar refractivity (Wildman–Crippen MR) is 94.0 cm³/mol. The van der Waals surface area contributed by atoms with Crippen LogP contribution in [0.1, 0.15) is 17.7 Å². The maximum absolute atomic E-state index is 12.4. The van der Waals surface area contributed by atoms with Gasteiger partial charge in [0.2, 0.25) is 18.4 Å². The summed E-state index contributed by atoms with van der Waals surface area (Å²) in [7, 11) is 0. The number of carbonyl (C=O) groups excluding carboxylic acids is 1. The van der Waals surface area contributed by atoms with Gasteiger partial charge in [-0.1, -0.05) is 6.07 Å². The van der Waals surface area contributed by atoms with Gasteiger partial charge in [0.05, 0.1) is 6.54 Å². The van der Waals surface area contributed by atoms with Gasteiger partial charge < -0.3 is 19.1 Å². The van der Waals surface area contributed by atoms with Crippen LogP contribution in [0.3, 0.4) is 0 Å². The Morgan fingerprint density at radius 2 is 2.15 bits per heavy atom. The Hall–Kier alpha value is -3.60. The van der Waals surface area contributed by atoms with Crippen molar-refractivity contribution in [2.24, 2.45) is 0 Å². The van der Waals surface area contributed by atoms with Crippen LogP contribution in [0.2, 0.25) is 0 Å². The van der Waals surface area contributed by atoms with Crippen LogP contribution in [0.5, 0.6) is 17.4 Å². The third-order valence-corrected chi connectivity index (χ3v) is 4.32. The lowest BCUT2D eigenvalue weighted by Gasteiger charge is -2.15. The maximum Gasteiger partial charge on any atom is 0.251 e. The zero-order chi connectivity index (χ0) is 18.6. The van der Waals surface area contributed by atoms with Gasteiger partial charge in [0.25, 0.3) is 5.88 Å². The van der Waals surface area contributed by atoms with Gasteiger partial charge in [-0.25, -0.2) is 9.97 Å². The number of fused-ring (bicyclic) bond motifs is 1. The Labute approximate surface area is 155 Å². The van der Waals surface area contributed by atoms with Crippen molar-refractivity contribution in [1.29, 1.82) is 5.26 Å². The Kier molecular flexibility index (Phi) is 4.58. The minimum absolute atomic E-state index is 0.0987. The number of hydrogen-bond donors (Lipinski definition) is 0. The van der Waals surface area contributed by atoms with Crippen molar-refractivity contribution in [1.82, 2.24) is 14.9 Å². The molecule has 2 aliphatic heterocycles. The zero-order valence-electron chi connectivity index (χ0n) is 14.4. The first-order valence-corrected chi connectivity index (χ1v) is 8.47.